The second-order valence-electron chi connectivity index (χ2n) is 2.70. The molecule has 6 heteroatoms. The molecule has 3 nitrogen and oxygen atoms in total. The van der Waals surface area contributed by atoms with Crippen LogP contribution >= 0.6 is 27.5 Å². The number of hydrogen-bond acceptors (Lipinski definition) is 2. The Bertz CT molecular complexity index is 387. The minimum absolute atomic E-state index is 0.206. The lowest BCUT2D eigenvalue weighted by Gasteiger charge is -2.08. The summed E-state index contributed by atoms with van der Waals surface area (Å²) in [6.07, 6.45) is -0.651. The summed E-state index contributed by atoms with van der Waals surface area (Å²) in [5.41, 5.74) is 5.08. The van der Waals surface area contributed by atoms with Crippen LogP contribution in [0.2, 0.25) is 5.02 Å². The normalized spacial score (nSPS) is 10.1. The van der Waals surface area contributed by atoms with Crippen LogP contribution < -0.4 is 10.5 Å². The highest BCUT2D eigenvalue weighted by molar-refractivity contribution is 9.09. The van der Waals surface area contributed by atoms with Gasteiger partial charge in [0.1, 0.15) is 0 Å². The maximum Gasteiger partial charge on any atom is 0.410 e. The van der Waals surface area contributed by atoms with Crippen LogP contribution in [0, 0.1) is 5.82 Å². The van der Waals surface area contributed by atoms with Crippen molar-refractivity contribution in [3.05, 3.63) is 28.5 Å². The molecule has 0 fully saturated rings. The Hall–Kier alpha value is -0.810. The van der Waals surface area contributed by atoms with E-state index in [0.717, 1.165) is 0 Å². The van der Waals surface area contributed by atoms with E-state index in [4.69, 9.17) is 17.3 Å². The van der Waals surface area contributed by atoms with Gasteiger partial charge in [0, 0.05) is 15.9 Å². The van der Waals surface area contributed by atoms with Crippen LogP contribution in [0.4, 0.5) is 9.18 Å². The van der Waals surface area contributed by atoms with Crippen LogP contribution in [0.25, 0.3) is 0 Å². The van der Waals surface area contributed by atoms with E-state index < -0.39 is 11.9 Å². The van der Waals surface area contributed by atoms with E-state index in [2.05, 4.69) is 20.7 Å². The fourth-order valence-corrected chi connectivity index (χ4v) is 1.72. The van der Waals surface area contributed by atoms with E-state index in [1.807, 2.05) is 0 Å². The highest BCUT2D eigenvalue weighted by Gasteiger charge is 2.14. The van der Waals surface area contributed by atoms with E-state index in [1.165, 1.54) is 12.1 Å². The van der Waals surface area contributed by atoms with Crippen molar-refractivity contribution in [1.82, 2.24) is 0 Å². The number of nitrogens with two attached hydrogens (primary N) is 1. The molecule has 1 rings (SSSR count). The number of primary amides is 1. The molecule has 15 heavy (non-hydrogen) atoms. The molecule has 0 aromatic heterocycles. The predicted molar refractivity (Wildman–Crippen MR) is 59.1 cm³/mol. The zero-order valence-corrected chi connectivity index (χ0v) is 9.94. The number of carbonyl (C=O) groups is 1. The van der Waals surface area contributed by atoms with Crippen molar-refractivity contribution in [2.45, 2.75) is 6.42 Å². The Kier molecular flexibility index (Phi) is 4.35. The lowest BCUT2D eigenvalue weighted by atomic mass is 10.1. The van der Waals surface area contributed by atoms with Crippen LogP contribution in [0.3, 0.4) is 0 Å². The second kappa shape index (κ2) is 5.32. The standard InChI is InChI=1S/C9H8BrClFNO2/c10-4-3-5-6(11)1-2-7(8(5)12)15-9(13)14/h1-2H,3-4H2,(H2,13,14). The van der Waals surface area contributed by atoms with E-state index in [9.17, 15) is 9.18 Å². The molecule has 1 aromatic rings. The highest BCUT2D eigenvalue weighted by atomic mass is 79.9. The van der Waals surface area contributed by atoms with Crippen molar-refractivity contribution in [2.75, 3.05) is 5.33 Å². The molecule has 0 unspecified atom stereocenters. The third-order valence-corrected chi connectivity index (χ3v) is 2.46. The predicted octanol–water partition coefficient (Wildman–Crippen LogP) is 2.87. The molecule has 0 heterocycles. The maximum absolute atomic E-state index is 13.6. The summed E-state index contributed by atoms with van der Waals surface area (Å²) >= 11 is 8.96. The SMILES string of the molecule is NC(=O)Oc1ccc(Cl)c(CCBr)c1F. The van der Waals surface area contributed by atoms with Gasteiger partial charge >= 0.3 is 6.09 Å². The number of hydrogen-bond donors (Lipinski definition) is 1. The first-order valence-electron chi connectivity index (χ1n) is 4.06. The molecule has 82 valence electrons. The van der Waals surface area contributed by atoms with Gasteiger partial charge in [0.2, 0.25) is 0 Å². The molecule has 0 radical (unpaired) electrons. The van der Waals surface area contributed by atoms with Crippen LogP contribution in [-0.2, 0) is 6.42 Å². The van der Waals surface area contributed by atoms with Crippen molar-refractivity contribution in [3.8, 4) is 5.75 Å². The number of carbonyl (C=O) groups excluding carboxylic acids is 1. The van der Waals surface area contributed by atoms with Crippen LogP contribution in [0.5, 0.6) is 5.75 Å². The zero-order chi connectivity index (χ0) is 11.4. The molecule has 0 spiro atoms. The number of halogens is 3. The maximum atomic E-state index is 13.6. The molecule has 1 amide bonds. The third-order valence-electron chi connectivity index (χ3n) is 1.71. The Labute approximate surface area is 99.5 Å². The quantitative estimate of drug-likeness (QED) is 0.872. The van der Waals surface area contributed by atoms with Gasteiger partial charge in [-0.1, -0.05) is 27.5 Å². The second-order valence-corrected chi connectivity index (χ2v) is 3.90. The van der Waals surface area contributed by atoms with Crippen molar-refractivity contribution in [3.63, 3.8) is 0 Å². The minimum atomic E-state index is -1.05. The largest absolute Gasteiger partial charge is 0.410 e. The van der Waals surface area contributed by atoms with Gasteiger partial charge in [-0.05, 0) is 18.6 Å². The van der Waals surface area contributed by atoms with E-state index in [-0.39, 0.29) is 5.75 Å². The van der Waals surface area contributed by atoms with Gasteiger partial charge in [-0.2, -0.15) is 0 Å². The summed E-state index contributed by atoms with van der Waals surface area (Å²) < 4.78 is 18.1. The molecule has 2 N–H and O–H groups in total. The first-order chi connectivity index (χ1) is 7.06. The molecule has 0 bridgehead atoms. The Morgan fingerprint density at radius 2 is 2.27 bits per heavy atom. The summed E-state index contributed by atoms with van der Waals surface area (Å²) in [6, 6.07) is 2.72. The summed E-state index contributed by atoms with van der Waals surface area (Å²) in [4.78, 5) is 10.5. The summed E-state index contributed by atoms with van der Waals surface area (Å²) in [6.45, 7) is 0. The first-order valence-corrected chi connectivity index (χ1v) is 5.56. The number of alkyl halides is 1. The topological polar surface area (TPSA) is 52.3 Å². The summed E-state index contributed by atoms with van der Waals surface area (Å²) in [5.74, 6) is -0.858. The minimum Gasteiger partial charge on any atom is -0.407 e. The number of benzene rings is 1. The van der Waals surface area contributed by atoms with Gasteiger partial charge in [-0.15, -0.1) is 0 Å². The fraction of sp³-hybridized carbons (Fsp3) is 0.222. The van der Waals surface area contributed by atoms with E-state index >= 15 is 0 Å². The van der Waals surface area contributed by atoms with Crippen LogP contribution in [-0.4, -0.2) is 11.4 Å². The van der Waals surface area contributed by atoms with Crippen molar-refractivity contribution in [1.29, 1.82) is 0 Å². The zero-order valence-electron chi connectivity index (χ0n) is 7.60. The van der Waals surface area contributed by atoms with Gasteiger partial charge < -0.3 is 10.5 Å². The van der Waals surface area contributed by atoms with Crippen LogP contribution in [0.1, 0.15) is 5.56 Å². The lowest BCUT2D eigenvalue weighted by molar-refractivity contribution is 0.208. The van der Waals surface area contributed by atoms with Crippen molar-refractivity contribution in [2.24, 2.45) is 5.73 Å². The average Bonchev–Trinajstić information content (AvgIpc) is 2.16. The fourth-order valence-electron chi connectivity index (χ4n) is 1.09. The number of amides is 1. The monoisotopic (exact) mass is 295 g/mol. The van der Waals surface area contributed by atoms with Gasteiger partial charge in [0.05, 0.1) is 0 Å². The summed E-state index contributed by atoms with van der Waals surface area (Å²) in [7, 11) is 0. The molecule has 0 atom stereocenters. The van der Waals surface area contributed by atoms with Crippen molar-refractivity contribution < 1.29 is 13.9 Å². The average molecular weight is 297 g/mol. The molecule has 0 aliphatic carbocycles. The molecule has 0 saturated heterocycles. The van der Waals surface area contributed by atoms with E-state index in [0.29, 0.717) is 22.3 Å². The molecular weight excluding hydrogens is 288 g/mol. The molecule has 0 aliphatic rings. The number of ether oxygens (including phenoxy) is 1. The Morgan fingerprint density at radius 3 is 2.80 bits per heavy atom. The molecule has 1 aromatic carbocycles. The molecular formula is C9H8BrClFNO2. The van der Waals surface area contributed by atoms with Crippen LogP contribution in [0.15, 0.2) is 12.1 Å². The van der Waals surface area contributed by atoms with Gasteiger partial charge in [0.25, 0.3) is 0 Å². The smallest absolute Gasteiger partial charge is 0.407 e. The highest BCUT2D eigenvalue weighted by Crippen LogP contribution is 2.28. The van der Waals surface area contributed by atoms with Gasteiger partial charge in [0.15, 0.2) is 11.6 Å². The molecule has 0 aliphatic heterocycles. The number of rotatable bonds is 3. The van der Waals surface area contributed by atoms with Gasteiger partial charge in [-0.3, -0.25) is 0 Å². The van der Waals surface area contributed by atoms with Crippen molar-refractivity contribution >= 4 is 33.6 Å². The first kappa shape index (κ1) is 12.3. The third kappa shape index (κ3) is 3.07. The van der Waals surface area contributed by atoms with E-state index in [1.54, 1.807) is 0 Å². The molecule has 0 saturated carbocycles. The lowest BCUT2D eigenvalue weighted by Crippen LogP contribution is -2.17. The Balaban J connectivity index is 3.09. The van der Waals surface area contributed by atoms with Gasteiger partial charge in [-0.25, -0.2) is 9.18 Å². The Morgan fingerprint density at radius 1 is 1.60 bits per heavy atom. The summed E-state index contributed by atoms with van der Waals surface area (Å²) in [5, 5.41) is 0.854.